The lowest BCUT2D eigenvalue weighted by atomic mass is 10.5. The highest BCUT2D eigenvalue weighted by atomic mass is 35.5. The van der Waals surface area contributed by atoms with Crippen LogP contribution in [0.5, 0.6) is 0 Å². The van der Waals surface area contributed by atoms with E-state index in [0.29, 0.717) is 6.61 Å². The van der Waals surface area contributed by atoms with Crippen molar-refractivity contribution in [3.8, 4) is 0 Å². The smallest absolute Gasteiger partial charge is 0.0484 e. The summed E-state index contributed by atoms with van der Waals surface area (Å²) >= 11 is 0. The molecule has 0 saturated carbocycles. The first-order valence-electron chi connectivity index (χ1n) is 2.01. The molecule has 8 heavy (non-hydrogen) atoms. The maximum absolute atomic E-state index is 8.12. The molecular formula is C4H12Cl2O2. The summed E-state index contributed by atoms with van der Waals surface area (Å²) in [4.78, 5) is 0. The SMILES string of the molecule is COCCCO.Cl.Cl. The Bertz CT molecular complexity index is 24.0. The lowest BCUT2D eigenvalue weighted by Crippen LogP contribution is -1.90. The van der Waals surface area contributed by atoms with Crippen LogP contribution in [-0.4, -0.2) is 25.4 Å². The zero-order valence-electron chi connectivity index (χ0n) is 4.79. The summed E-state index contributed by atoms with van der Waals surface area (Å²) in [5.41, 5.74) is 0. The summed E-state index contributed by atoms with van der Waals surface area (Å²) in [7, 11) is 1.62. The predicted octanol–water partition coefficient (Wildman–Crippen LogP) is 0.859. The fraction of sp³-hybridized carbons (Fsp3) is 1.00. The first-order valence-corrected chi connectivity index (χ1v) is 2.01. The number of halogens is 2. The average molecular weight is 163 g/mol. The molecule has 2 nitrogen and oxygen atoms in total. The van der Waals surface area contributed by atoms with Crippen molar-refractivity contribution in [3.63, 3.8) is 0 Å². The number of hydrogen-bond acceptors (Lipinski definition) is 2. The van der Waals surface area contributed by atoms with E-state index < -0.39 is 0 Å². The molecule has 0 saturated heterocycles. The van der Waals surface area contributed by atoms with Crippen LogP contribution < -0.4 is 0 Å². The van der Waals surface area contributed by atoms with Crippen molar-refractivity contribution < 1.29 is 9.84 Å². The summed E-state index contributed by atoms with van der Waals surface area (Å²) in [6.45, 7) is 0.893. The largest absolute Gasteiger partial charge is 0.396 e. The van der Waals surface area contributed by atoms with Crippen molar-refractivity contribution >= 4 is 24.8 Å². The highest BCUT2D eigenvalue weighted by Gasteiger charge is 1.75. The molecule has 0 unspecified atom stereocenters. The van der Waals surface area contributed by atoms with Crippen molar-refractivity contribution in [2.75, 3.05) is 20.3 Å². The van der Waals surface area contributed by atoms with Gasteiger partial charge in [-0.05, 0) is 6.42 Å². The van der Waals surface area contributed by atoms with E-state index >= 15 is 0 Å². The number of hydrogen-bond donors (Lipinski definition) is 1. The molecule has 0 fully saturated rings. The Labute approximate surface area is 62.0 Å². The van der Waals surface area contributed by atoms with Crippen LogP contribution in [0.25, 0.3) is 0 Å². The van der Waals surface area contributed by atoms with Crippen LogP contribution in [0.4, 0.5) is 0 Å². The summed E-state index contributed by atoms with van der Waals surface area (Å²) in [6.07, 6.45) is 0.747. The Kier molecular flexibility index (Phi) is 30.9. The van der Waals surface area contributed by atoms with E-state index in [4.69, 9.17) is 5.11 Å². The van der Waals surface area contributed by atoms with E-state index in [2.05, 4.69) is 4.74 Å². The summed E-state index contributed by atoms with van der Waals surface area (Å²) in [6, 6.07) is 0. The Morgan fingerprint density at radius 1 is 1.38 bits per heavy atom. The van der Waals surface area contributed by atoms with Gasteiger partial charge in [-0.25, -0.2) is 0 Å². The highest BCUT2D eigenvalue weighted by Crippen LogP contribution is 1.72. The van der Waals surface area contributed by atoms with Crippen LogP contribution in [-0.2, 0) is 4.74 Å². The molecule has 0 aliphatic heterocycles. The lowest BCUT2D eigenvalue weighted by molar-refractivity contribution is 0.166. The minimum atomic E-state index is 0. The van der Waals surface area contributed by atoms with Gasteiger partial charge in [-0.1, -0.05) is 0 Å². The standard InChI is InChI=1S/C4H10O2.2ClH/c1-6-4-2-3-5;;/h5H,2-4H2,1H3;2*1H. The quantitative estimate of drug-likeness (QED) is 0.625. The van der Waals surface area contributed by atoms with E-state index in [1.165, 1.54) is 0 Å². The topological polar surface area (TPSA) is 29.5 Å². The van der Waals surface area contributed by atoms with Gasteiger partial charge in [0.2, 0.25) is 0 Å². The van der Waals surface area contributed by atoms with Crippen LogP contribution >= 0.6 is 24.8 Å². The molecular weight excluding hydrogens is 151 g/mol. The number of ether oxygens (including phenoxy) is 1. The number of rotatable bonds is 3. The third-order valence-corrected chi connectivity index (χ3v) is 0.507. The van der Waals surface area contributed by atoms with Gasteiger partial charge < -0.3 is 9.84 Å². The van der Waals surface area contributed by atoms with E-state index in [0.717, 1.165) is 6.42 Å². The van der Waals surface area contributed by atoms with Gasteiger partial charge in [0.25, 0.3) is 0 Å². The van der Waals surface area contributed by atoms with Crippen LogP contribution in [0.15, 0.2) is 0 Å². The van der Waals surface area contributed by atoms with Crippen molar-refractivity contribution in [2.45, 2.75) is 6.42 Å². The Hall–Kier alpha value is 0.500. The Balaban J connectivity index is -0.000000125. The molecule has 0 aromatic heterocycles. The monoisotopic (exact) mass is 162 g/mol. The second-order valence-corrected chi connectivity index (χ2v) is 1.07. The highest BCUT2D eigenvalue weighted by molar-refractivity contribution is 5.85. The molecule has 0 bridgehead atoms. The lowest BCUT2D eigenvalue weighted by Gasteiger charge is -1.89. The van der Waals surface area contributed by atoms with Crippen molar-refractivity contribution in [1.82, 2.24) is 0 Å². The molecule has 0 rings (SSSR count). The second-order valence-electron chi connectivity index (χ2n) is 1.07. The number of methoxy groups -OCH3 is 1. The molecule has 0 aromatic carbocycles. The summed E-state index contributed by atoms with van der Waals surface area (Å²) in [5, 5.41) is 8.12. The predicted molar refractivity (Wildman–Crippen MR) is 38.1 cm³/mol. The van der Waals surface area contributed by atoms with Gasteiger partial charge in [0.15, 0.2) is 0 Å². The van der Waals surface area contributed by atoms with Crippen molar-refractivity contribution in [2.24, 2.45) is 0 Å². The molecule has 0 aromatic rings. The fourth-order valence-corrected chi connectivity index (χ4v) is 0.209. The van der Waals surface area contributed by atoms with Crippen LogP contribution in [0.2, 0.25) is 0 Å². The van der Waals surface area contributed by atoms with Crippen LogP contribution in [0.3, 0.4) is 0 Å². The van der Waals surface area contributed by atoms with E-state index in [1.807, 2.05) is 0 Å². The molecule has 0 atom stereocenters. The van der Waals surface area contributed by atoms with Gasteiger partial charge in [-0.15, -0.1) is 24.8 Å². The van der Waals surface area contributed by atoms with Gasteiger partial charge in [0, 0.05) is 20.3 Å². The second kappa shape index (κ2) is 15.6. The molecule has 0 spiro atoms. The number of aliphatic hydroxyl groups excluding tert-OH is 1. The zero-order chi connectivity index (χ0) is 4.83. The molecule has 0 amide bonds. The van der Waals surface area contributed by atoms with Gasteiger partial charge in [0.05, 0.1) is 0 Å². The fourth-order valence-electron chi connectivity index (χ4n) is 0.209. The van der Waals surface area contributed by atoms with Gasteiger partial charge >= 0.3 is 0 Å². The first kappa shape index (κ1) is 15.8. The molecule has 0 aliphatic rings. The molecule has 4 heteroatoms. The van der Waals surface area contributed by atoms with E-state index in [1.54, 1.807) is 7.11 Å². The first-order chi connectivity index (χ1) is 2.91. The molecule has 54 valence electrons. The third-order valence-electron chi connectivity index (χ3n) is 0.507. The normalized spacial score (nSPS) is 6.75. The average Bonchev–Trinajstić information content (AvgIpc) is 1.61. The minimum absolute atomic E-state index is 0. The van der Waals surface area contributed by atoms with Gasteiger partial charge in [0.1, 0.15) is 0 Å². The van der Waals surface area contributed by atoms with E-state index in [-0.39, 0.29) is 31.4 Å². The van der Waals surface area contributed by atoms with Gasteiger partial charge in [-0.3, -0.25) is 0 Å². The minimum Gasteiger partial charge on any atom is -0.396 e. The third kappa shape index (κ3) is 16.1. The summed E-state index contributed by atoms with van der Waals surface area (Å²) in [5.74, 6) is 0. The Morgan fingerprint density at radius 2 is 1.88 bits per heavy atom. The van der Waals surface area contributed by atoms with Crippen molar-refractivity contribution in [3.05, 3.63) is 0 Å². The maximum Gasteiger partial charge on any atom is 0.0484 e. The number of aliphatic hydroxyl groups is 1. The van der Waals surface area contributed by atoms with E-state index in [9.17, 15) is 0 Å². The Morgan fingerprint density at radius 3 is 2.00 bits per heavy atom. The van der Waals surface area contributed by atoms with Crippen LogP contribution in [0, 0.1) is 0 Å². The molecule has 0 radical (unpaired) electrons. The van der Waals surface area contributed by atoms with Gasteiger partial charge in [-0.2, -0.15) is 0 Å². The molecule has 1 N–H and O–H groups in total. The summed E-state index contributed by atoms with van der Waals surface area (Å²) < 4.78 is 4.62. The molecule has 0 heterocycles. The zero-order valence-corrected chi connectivity index (χ0v) is 6.43. The van der Waals surface area contributed by atoms with Crippen LogP contribution in [0.1, 0.15) is 6.42 Å². The maximum atomic E-state index is 8.12. The molecule has 0 aliphatic carbocycles. The van der Waals surface area contributed by atoms with Crippen molar-refractivity contribution in [1.29, 1.82) is 0 Å².